The molecule has 0 spiro atoms. The summed E-state index contributed by atoms with van der Waals surface area (Å²) in [5.41, 5.74) is 6.88. The number of hydrogen-bond acceptors (Lipinski definition) is 8. The van der Waals surface area contributed by atoms with E-state index >= 15 is 0 Å². The van der Waals surface area contributed by atoms with E-state index < -0.39 is 66.2 Å². The minimum absolute atomic E-state index is 0.0759. The molecule has 3 fully saturated rings. The second-order valence-electron chi connectivity index (χ2n) is 15.7. The fourth-order valence-electron chi connectivity index (χ4n) is 8.34. The normalized spacial score (nSPS) is 20.2. The molecule has 0 aromatic heterocycles. The molecule has 2 aliphatic carbocycles. The minimum Gasteiger partial charge on any atom is -0.372 e. The Morgan fingerprint density at radius 1 is 0.807 bits per heavy atom. The van der Waals surface area contributed by atoms with E-state index in [1.54, 1.807) is 37.3 Å². The van der Waals surface area contributed by atoms with Gasteiger partial charge >= 0.3 is 0 Å². The summed E-state index contributed by atoms with van der Waals surface area (Å²) in [5, 5.41) is 10.6. The first kappa shape index (κ1) is 43.0. The van der Waals surface area contributed by atoms with Gasteiger partial charge in [0.25, 0.3) is 5.91 Å². The van der Waals surface area contributed by atoms with Crippen LogP contribution in [-0.2, 0) is 44.9 Å². The van der Waals surface area contributed by atoms with Crippen LogP contribution in [0, 0.1) is 11.8 Å². The first-order valence-corrected chi connectivity index (χ1v) is 20.5. The van der Waals surface area contributed by atoms with Gasteiger partial charge in [-0.2, -0.15) is 0 Å². The first-order valence-electron chi connectivity index (χ1n) is 20.5. The number of Topliss-reactive ketones (excluding diaryl/α,β-unsaturated/α-hetero) is 1. The number of nitrogens with zero attached hydrogens (tertiary/aromatic N) is 1. The molecule has 2 unspecified atom stereocenters. The van der Waals surface area contributed by atoms with Gasteiger partial charge < -0.3 is 36.6 Å². The van der Waals surface area contributed by atoms with E-state index in [2.05, 4.69) is 21.3 Å². The van der Waals surface area contributed by atoms with Crippen LogP contribution in [0.25, 0.3) is 0 Å². The van der Waals surface area contributed by atoms with Crippen LogP contribution in [0.4, 0.5) is 0 Å². The summed E-state index contributed by atoms with van der Waals surface area (Å²) in [6.07, 6.45) is 9.30. The SMILES string of the molecule is CCCC(NC(=O)[C@@H]1C[C@@H](OCc2ccccc2)CN1C(=O)C(NC(=O)CC1CCCC1)C1CCCCC1)C(=O)C(=O)NCC(=O)N[C@@H](C(N)=O)c1ccccc1. The number of benzene rings is 2. The molecule has 57 heavy (non-hydrogen) atoms. The standard InChI is InChI=1S/C43H58N6O8/c1-2-14-33(39(52)42(55)45-25-36(51)48-37(40(44)53)30-19-8-4-9-20-30)46-41(54)34-24-32(57-27-29-17-6-3-7-18-29)26-49(34)43(56)38(31-21-10-5-11-22-31)47-35(50)23-28-15-12-13-16-28/h3-4,6-9,17-20,28,31-34,37-38H,2,5,10-16,21-27H2,1H3,(H2,44,53)(H,45,55)(H,46,54)(H,47,50)(H,48,51)/t32-,33?,34+,37-,38?/m1/s1. The number of nitrogens with one attached hydrogen (secondary N) is 4. The van der Waals surface area contributed by atoms with Gasteiger partial charge in [-0.3, -0.25) is 33.6 Å². The van der Waals surface area contributed by atoms with Crippen LogP contribution in [0.3, 0.4) is 0 Å². The quantitative estimate of drug-likeness (QED) is 0.134. The zero-order chi connectivity index (χ0) is 40.7. The van der Waals surface area contributed by atoms with E-state index in [4.69, 9.17) is 10.5 Å². The number of rotatable bonds is 19. The van der Waals surface area contributed by atoms with Gasteiger partial charge in [0, 0.05) is 19.4 Å². The molecule has 1 aliphatic heterocycles. The molecule has 308 valence electrons. The molecule has 1 heterocycles. The Bertz CT molecular complexity index is 1700. The molecule has 6 N–H and O–H groups in total. The van der Waals surface area contributed by atoms with Gasteiger partial charge in [0.1, 0.15) is 18.1 Å². The maximum absolute atomic E-state index is 14.6. The van der Waals surface area contributed by atoms with E-state index in [1.807, 2.05) is 30.3 Å². The fourth-order valence-corrected chi connectivity index (χ4v) is 8.34. The summed E-state index contributed by atoms with van der Waals surface area (Å²) in [5.74, 6) is -4.48. The Hall–Kier alpha value is -5.11. The highest BCUT2D eigenvalue weighted by molar-refractivity contribution is 6.38. The molecule has 0 radical (unpaired) electrons. The Morgan fingerprint density at radius 3 is 2.11 bits per heavy atom. The van der Waals surface area contributed by atoms with Crippen molar-refractivity contribution in [2.75, 3.05) is 13.1 Å². The molecule has 14 nitrogen and oxygen atoms in total. The highest BCUT2D eigenvalue weighted by Crippen LogP contribution is 2.32. The number of likely N-dealkylation sites (tertiary alicyclic amines) is 1. The van der Waals surface area contributed by atoms with Crippen molar-refractivity contribution in [3.05, 3.63) is 71.8 Å². The van der Waals surface area contributed by atoms with Crippen molar-refractivity contribution in [3.63, 3.8) is 0 Å². The van der Waals surface area contributed by atoms with E-state index in [9.17, 15) is 33.6 Å². The van der Waals surface area contributed by atoms with Crippen LogP contribution >= 0.6 is 0 Å². The molecule has 2 aromatic rings. The van der Waals surface area contributed by atoms with E-state index in [0.717, 1.165) is 63.4 Å². The molecular weight excluding hydrogens is 729 g/mol. The van der Waals surface area contributed by atoms with Crippen LogP contribution in [0.15, 0.2) is 60.7 Å². The minimum atomic E-state index is -1.24. The highest BCUT2D eigenvalue weighted by atomic mass is 16.5. The molecule has 2 saturated carbocycles. The Labute approximate surface area is 334 Å². The lowest BCUT2D eigenvalue weighted by Gasteiger charge is -2.35. The number of ketones is 1. The lowest BCUT2D eigenvalue weighted by molar-refractivity contribution is -0.144. The third kappa shape index (κ3) is 12.4. The summed E-state index contributed by atoms with van der Waals surface area (Å²) >= 11 is 0. The number of carbonyl (C=O) groups is 7. The Morgan fingerprint density at radius 2 is 1.46 bits per heavy atom. The monoisotopic (exact) mass is 786 g/mol. The molecule has 14 heteroatoms. The predicted octanol–water partition coefficient (Wildman–Crippen LogP) is 3.13. The van der Waals surface area contributed by atoms with Gasteiger partial charge in [-0.05, 0) is 55.1 Å². The first-order chi connectivity index (χ1) is 27.5. The second kappa shape index (κ2) is 21.4. The average Bonchev–Trinajstić information content (AvgIpc) is 3.91. The van der Waals surface area contributed by atoms with Crippen molar-refractivity contribution in [2.24, 2.45) is 17.6 Å². The highest BCUT2D eigenvalue weighted by Gasteiger charge is 2.45. The summed E-state index contributed by atoms with van der Waals surface area (Å²) in [6, 6.07) is 13.7. The van der Waals surface area contributed by atoms with Gasteiger partial charge in [0.15, 0.2) is 0 Å². The van der Waals surface area contributed by atoms with Crippen molar-refractivity contribution in [2.45, 2.75) is 127 Å². The third-order valence-electron chi connectivity index (χ3n) is 11.4. The largest absolute Gasteiger partial charge is 0.372 e. The lowest BCUT2D eigenvalue weighted by Crippen LogP contribution is -2.58. The maximum atomic E-state index is 14.6. The van der Waals surface area contributed by atoms with Gasteiger partial charge in [-0.1, -0.05) is 106 Å². The second-order valence-corrected chi connectivity index (χ2v) is 15.7. The molecule has 1 saturated heterocycles. The lowest BCUT2D eigenvalue weighted by atomic mass is 9.83. The van der Waals surface area contributed by atoms with Crippen molar-refractivity contribution in [1.82, 2.24) is 26.2 Å². The number of nitrogens with two attached hydrogens (primary N) is 1. The average molecular weight is 787 g/mol. The van der Waals surface area contributed by atoms with E-state index in [-0.39, 0.29) is 43.7 Å². The number of hydrogen-bond donors (Lipinski definition) is 5. The van der Waals surface area contributed by atoms with Crippen molar-refractivity contribution in [1.29, 1.82) is 0 Å². The van der Waals surface area contributed by atoms with Gasteiger partial charge in [-0.15, -0.1) is 0 Å². The van der Waals surface area contributed by atoms with E-state index in [1.165, 1.54) is 4.90 Å². The number of primary amides is 1. The topological polar surface area (TPSA) is 206 Å². The molecule has 5 atom stereocenters. The third-order valence-corrected chi connectivity index (χ3v) is 11.4. The van der Waals surface area contributed by atoms with Crippen LogP contribution in [0.5, 0.6) is 0 Å². The number of amides is 6. The number of ether oxygens (including phenoxy) is 1. The molecular formula is C43H58N6O8. The predicted molar refractivity (Wildman–Crippen MR) is 212 cm³/mol. The summed E-state index contributed by atoms with van der Waals surface area (Å²) in [6.45, 7) is 1.56. The zero-order valence-electron chi connectivity index (χ0n) is 32.9. The summed E-state index contributed by atoms with van der Waals surface area (Å²) in [4.78, 5) is 95.0. The molecule has 3 aliphatic rings. The number of carbonyl (C=O) groups excluding carboxylic acids is 7. The molecule has 2 aromatic carbocycles. The van der Waals surface area contributed by atoms with E-state index in [0.29, 0.717) is 24.3 Å². The summed E-state index contributed by atoms with van der Waals surface area (Å²) < 4.78 is 6.25. The van der Waals surface area contributed by atoms with Crippen molar-refractivity contribution >= 4 is 41.2 Å². The van der Waals surface area contributed by atoms with Crippen LogP contribution < -0.4 is 27.0 Å². The van der Waals surface area contributed by atoms with Crippen molar-refractivity contribution < 1.29 is 38.3 Å². The smallest absolute Gasteiger partial charge is 0.290 e. The molecule has 6 amide bonds. The van der Waals surface area contributed by atoms with Crippen LogP contribution in [-0.4, -0.2) is 83.4 Å². The fraction of sp³-hybridized carbons (Fsp3) is 0.558. The van der Waals surface area contributed by atoms with Gasteiger partial charge in [0.05, 0.1) is 25.3 Å². The maximum Gasteiger partial charge on any atom is 0.290 e. The van der Waals surface area contributed by atoms with Gasteiger partial charge in [0.2, 0.25) is 35.3 Å². The molecule has 0 bridgehead atoms. The zero-order valence-corrected chi connectivity index (χ0v) is 32.9. The molecule has 5 rings (SSSR count). The van der Waals surface area contributed by atoms with Crippen LogP contribution in [0.2, 0.25) is 0 Å². The van der Waals surface area contributed by atoms with Gasteiger partial charge in [-0.25, -0.2) is 0 Å². The Balaban J connectivity index is 1.28. The van der Waals surface area contributed by atoms with Crippen LogP contribution in [0.1, 0.15) is 108 Å². The Kier molecular flexibility index (Phi) is 16.2. The van der Waals surface area contributed by atoms with Crippen molar-refractivity contribution in [3.8, 4) is 0 Å². The summed E-state index contributed by atoms with van der Waals surface area (Å²) in [7, 11) is 0.